The summed E-state index contributed by atoms with van der Waals surface area (Å²) in [5.41, 5.74) is 3.11. The van der Waals surface area contributed by atoms with Crippen molar-refractivity contribution in [3.63, 3.8) is 0 Å². The summed E-state index contributed by atoms with van der Waals surface area (Å²) >= 11 is 6.39. The number of fused-ring (bicyclic) bond motifs is 2. The predicted octanol–water partition coefficient (Wildman–Crippen LogP) is 6.71. The van der Waals surface area contributed by atoms with E-state index in [4.69, 9.17) is 35.5 Å². The summed E-state index contributed by atoms with van der Waals surface area (Å²) in [7, 11) is -1.18. The fourth-order valence-corrected chi connectivity index (χ4v) is 7.85. The lowest BCUT2D eigenvalue weighted by molar-refractivity contribution is -0.00778. The highest BCUT2D eigenvalue weighted by Crippen LogP contribution is 2.48. The van der Waals surface area contributed by atoms with Gasteiger partial charge in [-0.3, -0.25) is 0 Å². The van der Waals surface area contributed by atoms with Crippen molar-refractivity contribution in [2.75, 3.05) is 42.8 Å². The normalized spacial score (nSPS) is 21.6. The average Bonchev–Trinajstić information content (AvgIpc) is 3.49. The van der Waals surface area contributed by atoms with Crippen molar-refractivity contribution in [2.24, 2.45) is 0 Å². The summed E-state index contributed by atoms with van der Waals surface area (Å²) in [6.45, 7) is 15.0. The van der Waals surface area contributed by atoms with Gasteiger partial charge in [0, 0.05) is 31.3 Å². The number of aromatic nitrogens is 2. The van der Waals surface area contributed by atoms with Gasteiger partial charge >= 0.3 is 0 Å². The molecule has 11 heteroatoms. The Morgan fingerprint density at radius 2 is 1.79 bits per heavy atom. The third-order valence-corrected chi connectivity index (χ3v) is 9.80. The number of benzene rings is 1. The number of hydrogen-bond acceptors (Lipinski definition) is 9. The van der Waals surface area contributed by atoms with Crippen LogP contribution in [0.2, 0.25) is 5.28 Å². The van der Waals surface area contributed by atoms with Crippen molar-refractivity contribution in [3.05, 3.63) is 46.2 Å². The van der Waals surface area contributed by atoms with E-state index in [0.717, 1.165) is 38.8 Å². The van der Waals surface area contributed by atoms with E-state index in [-0.39, 0.29) is 34.1 Å². The maximum absolute atomic E-state index is 8.16. The van der Waals surface area contributed by atoms with E-state index in [9.17, 15) is 0 Å². The molecule has 5 rings (SSSR count). The van der Waals surface area contributed by atoms with Crippen LogP contribution in [0, 0.1) is 5.41 Å². The molecule has 2 N–H and O–H groups in total. The number of nitrogens with one attached hydrogen (secondary N) is 2. The number of nitrogens with zero attached hydrogens (tertiary/aromatic N) is 3. The zero-order valence-corrected chi connectivity index (χ0v) is 27.4. The molecule has 2 saturated heterocycles. The van der Waals surface area contributed by atoms with Crippen molar-refractivity contribution < 1.29 is 18.5 Å². The zero-order valence-electron chi connectivity index (χ0n) is 25.7. The van der Waals surface area contributed by atoms with Crippen LogP contribution in [-0.4, -0.2) is 72.2 Å². The predicted molar refractivity (Wildman–Crippen MR) is 169 cm³/mol. The second kappa shape index (κ2) is 12.6. The summed E-state index contributed by atoms with van der Waals surface area (Å²) < 4.78 is 24.5. The van der Waals surface area contributed by atoms with Crippen molar-refractivity contribution in [1.82, 2.24) is 9.97 Å². The Morgan fingerprint density at radius 1 is 1.10 bits per heavy atom. The maximum Gasteiger partial charge on any atom is 0.226 e. The van der Waals surface area contributed by atoms with Crippen LogP contribution < -0.4 is 10.2 Å². The van der Waals surface area contributed by atoms with Crippen molar-refractivity contribution in [1.29, 1.82) is 5.41 Å². The monoisotopic (exact) mass is 617 g/mol. The van der Waals surface area contributed by atoms with Gasteiger partial charge in [-0.2, -0.15) is 9.97 Å². The summed E-state index contributed by atoms with van der Waals surface area (Å²) in [6.07, 6.45) is 5.83. The summed E-state index contributed by atoms with van der Waals surface area (Å²) in [4.78, 5) is 11.2. The Balaban J connectivity index is 1.13. The lowest BCUT2D eigenvalue weighted by Crippen LogP contribution is -2.59. The first kappa shape index (κ1) is 31.6. The Labute approximate surface area is 256 Å². The van der Waals surface area contributed by atoms with Gasteiger partial charge in [0.2, 0.25) is 5.28 Å². The minimum absolute atomic E-state index is 0.00908. The van der Waals surface area contributed by atoms with Gasteiger partial charge in [-0.25, -0.2) is 0 Å². The second-order valence-corrected chi connectivity index (χ2v) is 15.2. The molecule has 3 aliphatic rings. The first-order valence-electron chi connectivity index (χ1n) is 14.9. The molecule has 1 aromatic heterocycles. The Morgan fingerprint density at radius 3 is 2.48 bits per heavy atom. The number of rotatable bonds is 11. The Kier molecular flexibility index (Phi) is 9.48. The van der Waals surface area contributed by atoms with E-state index in [0.29, 0.717) is 36.7 Å². The van der Waals surface area contributed by atoms with E-state index in [1.165, 1.54) is 17.3 Å². The molecule has 2 aliphatic heterocycles. The van der Waals surface area contributed by atoms with E-state index in [1.807, 2.05) is 41.5 Å². The Bertz CT molecular complexity index is 1240. The number of anilines is 2. The fourth-order valence-electron chi connectivity index (χ4n) is 6.07. The summed E-state index contributed by atoms with van der Waals surface area (Å²) in [5, 5.41) is 11.7. The minimum Gasteiger partial charge on any atom is -0.371 e. The van der Waals surface area contributed by atoms with Crippen LogP contribution >= 0.6 is 20.0 Å². The number of aryl methyl sites for hydroxylation is 1. The van der Waals surface area contributed by atoms with Crippen molar-refractivity contribution in [3.8, 4) is 0 Å². The van der Waals surface area contributed by atoms with Crippen LogP contribution in [0.4, 0.5) is 11.6 Å². The molecule has 3 heterocycles. The highest BCUT2D eigenvalue weighted by molar-refractivity contribution is 7.47. The highest BCUT2D eigenvalue weighted by atomic mass is 35.5. The lowest BCUT2D eigenvalue weighted by atomic mass is 9.74. The van der Waals surface area contributed by atoms with E-state index < -0.39 is 8.38 Å². The molecule has 9 nitrogen and oxygen atoms in total. The van der Waals surface area contributed by atoms with Gasteiger partial charge in [-0.15, -0.1) is 0 Å². The van der Waals surface area contributed by atoms with Crippen LogP contribution in [0.3, 0.4) is 0 Å². The molecule has 1 spiro atoms. The molecule has 2 aromatic rings. The zero-order chi connectivity index (χ0) is 30.1. The molecule has 1 aromatic carbocycles. The van der Waals surface area contributed by atoms with Crippen LogP contribution in [0.1, 0.15) is 77.5 Å². The van der Waals surface area contributed by atoms with E-state index in [1.54, 1.807) is 0 Å². The highest BCUT2D eigenvalue weighted by Gasteiger charge is 2.49. The molecule has 2 atom stereocenters. The molecule has 1 aliphatic carbocycles. The molecule has 42 heavy (non-hydrogen) atoms. The van der Waals surface area contributed by atoms with E-state index in [2.05, 4.69) is 44.5 Å². The standard InChI is InChI=1S/C31H45ClN5O4P/c1-29(2,3)40-42(41-30(4,5)6)20-38-17-23-12-11-22(39-23)16-34-26-24(15-33)27(36-28(32)35-26)37-18-31(19-37)14-13-21-9-7-8-10-25(21)31/h7-10,15,22-23,33H,11-14,16-20H2,1-6H3,(H,34,35,36)/t22-,23?/m0/s1. The minimum atomic E-state index is -1.18. The third-order valence-electron chi connectivity index (χ3n) is 7.74. The summed E-state index contributed by atoms with van der Waals surface area (Å²) in [6, 6.07) is 8.75. The number of halogens is 1. The van der Waals surface area contributed by atoms with Crippen LogP contribution in [0.15, 0.2) is 24.3 Å². The van der Waals surface area contributed by atoms with Gasteiger partial charge < -0.3 is 34.1 Å². The third kappa shape index (κ3) is 7.61. The van der Waals surface area contributed by atoms with Gasteiger partial charge in [0.15, 0.2) is 8.38 Å². The van der Waals surface area contributed by atoms with Gasteiger partial charge in [-0.05, 0) is 90.0 Å². The molecule has 0 radical (unpaired) electrons. The molecular weight excluding hydrogens is 573 g/mol. The SMILES string of the molecule is CC(C)(C)OP(COCC1CC[C@@H](CNc2nc(Cl)nc(N3CC4(CCc5ccccc54)C3)c2C=N)O1)OC(C)(C)C. The first-order chi connectivity index (χ1) is 19.8. The van der Waals surface area contributed by atoms with Gasteiger partial charge in [0.05, 0.1) is 35.6 Å². The molecule has 1 unspecified atom stereocenters. The maximum atomic E-state index is 8.16. The van der Waals surface area contributed by atoms with Crippen molar-refractivity contribution in [2.45, 2.75) is 96.1 Å². The van der Waals surface area contributed by atoms with Crippen LogP contribution in [0.5, 0.6) is 0 Å². The molecule has 2 fully saturated rings. The smallest absolute Gasteiger partial charge is 0.226 e. The van der Waals surface area contributed by atoms with Gasteiger partial charge in [0.1, 0.15) is 18.0 Å². The second-order valence-electron chi connectivity index (χ2n) is 13.6. The van der Waals surface area contributed by atoms with Crippen LogP contribution in [0.25, 0.3) is 0 Å². The average molecular weight is 618 g/mol. The molecule has 0 bridgehead atoms. The first-order valence-corrected chi connectivity index (χ1v) is 16.6. The topological polar surface area (TPSA) is 102 Å². The van der Waals surface area contributed by atoms with Gasteiger partial charge in [-0.1, -0.05) is 24.3 Å². The van der Waals surface area contributed by atoms with Crippen LogP contribution in [-0.2, 0) is 30.4 Å². The van der Waals surface area contributed by atoms with Gasteiger partial charge in [0.25, 0.3) is 0 Å². The van der Waals surface area contributed by atoms with Crippen molar-refractivity contribution >= 4 is 37.8 Å². The quantitative estimate of drug-likeness (QED) is 0.163. The summed E-state index contributed by atoms with van der Waals surface area (Å²) in [5.74, 6) is 1.29. The van der Waals surface area contributed by atoms with E-state index >= 15 is 0 Å². The largest absolute Gasteiger partial charge is 0.371 e. The molecule has 0 saturated carbocycles. The molecule has 0 amide bonds. The molecular formula is C31H45ClN5O4P. The fraction of sp³-hybridized carbons (Fsp3) is 0.645. The Hall–Kier alpha value is -1.87. The molecule has 230 valence electrons. The lowest BCUT2D eigenvalue weighted by Gasteiger charge is -2.50. The number of hydrogen-bond donors (Lipinski definition) is 2. The number of ether oxygens (including phenoxy) is 2.